The fourth-order valence-electron chi connectivity index (χ4n) is 3.94. The summed E-state index contributed by atoms with van der Waals surface area (Å²) >= 11 is 2.63. The Hall–Kier alpha value is -2.65. The van der Waals surface area contributed by atoms with Crippen molar-refractivity contribution in [3.05, 3.63) is 45.8 Å². The van der Waals surface area contributed by atoms with E-state index in [1.165, 1.54) is 24.0 Å². The highest BCUT2D eigenvalue weighted by Crippen LogP contribution is 2.40. The number of methoxy groups -OCH3 is 1. The van der Waals surface area contributed by atoms with Crippen LogP contribution in [0.2, 0.25) is 0 Å². The number of anilines is 1. The Morgan fingerprint density at radius 1 is 1.24 bits per heavy atom. The summed E-state index contributed by atoms with van der Waals surface area (Å²) in [5.74, 6) is 0.415. The van der Waals surface area contributed by atoms with Crippen molar-refractivity contribution in [1.82, 2.24) is 10.2 Å². The molecule has 7 nitrogen and oxygen atoms in total. The summed E-state index contributed by atoms with van der Waals surface area (Å²) in [6, 6.07) is 8.03. The number of carbonyl (C=O) groups excluding carboxylic acids is 2. The van der Waals surface area contributed by atoms with Crippen molar-refractivity contribution < 1.29 is 18.7 Å². The lowest BCUT2D eigenvalue weighted by molar-refractivity contribution is -0.113. The first-order valence-corrected chi connectivity index (χ1v) is 13.1. The Morgan fingerprint density at radius 3 is 2.65 bits per heavy atom. The average Bonchev–Trinajstić information content (AvgIpc) is 3.41. The second-order valence-corrected chi connectivity index (χ2v) is 11.6. The number of rotatable bonds is 6. The Kier molecular flexibility index (Phi) is 7.14. The van der Waals surface area contributed by atoms with Crippen molar-refractivity contribution in [2.75, 3.05) is 18.2 Å². The second kappa shape index (κ2) is 9.92. The maximum Gasteiger partial charge on any atom is 0.341 e. The van der Waals surface area contributed by atoms with Crippen LogP contribution in [0.1, 0.15) is 60.5 Å². The van der Waals surface area contributed by atoms with E-state index >= 15 is 0 Å². The van der Waals surface area contributed by atoms with Crippen LogP contribution in [0.4, 0.5) is 5.00 Å². The molecule has 2 aromatic heterocycles. The summed E-state index contributed by atoms with van der Waals surface area (Å²) in [5.41, 5.74) is 3.62. The number of thioether (sulfide) groups is 1. The van der Waals surface area contributed by atoms with Crippen molar-refractivity contribution in [3.63, 3.8) is 0 Å². The molecule has 4 rings (SSSR count). The van der Waals surface area contributed by atoms with Crippen LogP contribution >= 0.6 is 23.1 Å². The Bertz CT molecular complexity index is 1190. The highest BCUT2D eigenvalue weighted by molar-refractivity contribution is 7.99. The van der Waals surface area contributed by atoms with Crippen LogP contribution in [0.5, 0.6) is 0 Å². The minimum absolute atomic E-state index is 0.0650. The number of carbonyl (C=O) groups is 2. The number of hydrogen-bond acceptors (Lipinski definition) is 8. The van der Waals surface area contributed by atoms with Gasteiger partial charge in [-0.25, -0.2) is 4.79 Å². The maximum atomic E-state index is 12.7. The largest absolute Gasteiger partial charge is 0.465 e. The molecule has 0 spiro atoms. The topological polar surface area (TPSA) is 94.3 Å². The van der Waals surface area contributed by atoms with Gasteiger partial charge in [-0.1, -0.05) is 51.6 Å². The van der Waals surface area contributed by atoms with Gasteiger partial charge >= 0.3 is 5.97 Å². The van der Waals surface area contributed by atoms with Crippen LogP contribution in [0.3, 0.4) is 0 Å². The van der Waals surface area contributed by atoms with E-state index < -0.39 is 5.97 Å². The fourth-order valence-corrected chi connectivity index (χ4v) is 5.92. The molecule has 1 aromatic carbocycles. The summed E-state index contributed by atoms with van der Waals surface area (Å²) in [4.78, 5) is 26.2. The van der Waals surface area contributed by atoms with Gasteiger partial charge in [-0.2, -0.15) is 0 Å². The molecule has 180 valence electrons. The zero-order valence-corrected chi connectivity index (χ0v) is 21.7. The number of nitrogens with zero attached hydrogens (tertiary/aromatic N) is 2. The normalized spacial score (nSPS) is 15.6. The van der Waals surface area contributed by atoms with Crippen LogP contribution < -0.4 is 5.32 Å². The number of fused-ring (bicyclic) bond motifs is 1. The molecule has 3 aromatic rings. The van der Waals surface area contributed by atoms with E-state index in [4.69, 9.17) is 9.15 Å². The minimum atomic E-state index is -0.408. The predicted molar refractivity (Wildman–Crippen MR) is 135 cm³/mol. The highest BCUT2D eigenvalue weighted by Gasteiger charge is 2.29. The van der Waals surface area contributed by atoms with E-state index in [1.54, 1.807) is 0 Å². The van der Waals surface area contributed by atoms with Crippen molar-refractivity contribution in [2.24, 2.45) is 5.92 Å². The fraction of sp³-hybridized carbons (Fsp3) is 0.440. The Labute approximate surface area is 207 Å². The van der Waals surface area contributed by atoms with E-state index in [-0.39, 0.29) is 17.1 Å². The van der Waals surface area contributed by atoms with Crippen LogP contribution in [-0.4, -0.2) is 34.9 Å². The summed E-state index contributed by atoms with van der Waals surface area (Å²) in [6.07, 6.45) is 2.76. The molecule has 0 saturated carbocycles. The van der Waals surface area contributed by atoms with Gasteiger partial charge in [0, 0.05) is 10.4 Å². The number of aromatic nitrogens is 2. The highest BCUT2D eigenvalue weighted by atomic mass is 32.2. The molecule has 2 heterocycles. The van der Waals surface area contributed by atoms with Gasteiger partial charge in [-0.3, -0.25) is 4.79 Å². The molecule has 1 N–H and O–H groups in total. The Balaban J connectivity index is 1.41. The molecule has 9 heteroatoms. The predicted octanol–water partition coefficient (Wildman–Crippen LogP) is 5.74. The molecular weight excluding hydrogens is 470 g/mol. The molecule has 34 heavy (non-hydrogen) atoms. The third-order valence-corrected chi connectivity index (χ3v) is 7.87. The Morgan fingerprint density at radius 2 is 1.97 bits per heavy atom. The second-order valence-electron chi connectivity index (χ2n) is 9.58. The quantitative estimate of drug-likeness (QED) is 0.341. The van der Waals surface area contributed by atoms with E-state index in [9.17, 15) is 9.59 Å². The van der Waals surface area contributed by atoms with Crippen LogP contribution in [-0.2, 0) is 27.8 Å². The first kappa shape index (κ1) is 24.5. The maximum absolute atomic E-state index is 12.7. The summed E-state index contributed by atoms with van der Waals surface area (Å²) in [5, 5.41) is 11.9. The standard InChI is InChI=1S/C25H29N3O4S2/c1-14-6-11-17-18(12-14)34-22(20(17)23(30)31-5)26-19(29)13-33-24-28-27-21(32-24)15-7-9-16(10-8-15)25(2,3)4/h7-10,14H,6,11-13H2,1-5H3,(H,26,29). The molecule has 1 amide bonds. The lowest BCUT2D eigenvalue weighted by Gasteiger charge is -2.18. The molecule has 1 aliphatic carbocycles. The number of benzene rings is 1. The molecule has 0 aliphatic heterocycles. The van der Waals surface area contributed by atoms with E-state index in [1.807, 2.05) is 12.1 Å². The number of ether oxygens (including phenoxy) is 1. The van der Waals surface area contributed by atoms with Crippen LogP contribution in [0.25, 0.3) is 11.5 Å². The van der Waals surface area contributed by atoms with Gasteiger partial charge in [0.2, 0.25) is 11.8 Å². The SMILES string of the molecule is COC(=O)c1c(NC(=O)CSc2nnc(-c3ccc(C(C)(C)C)cc3)o2)sc2c1CCC(C)C2. The lowest BCUT2D eigenvalue weighted by atomic mass is 9.87. The van der Waals surface area contributed by atoms with E-state index in [0.29, 0.717) is 27.6 Å². The van der Waals surface area contributed by atoms with Crippen LogP contribution in [0.15, 0.2) is 33.9 Å². The van der Waals surface area contributed by atoms with E-state index in [0.717, 1.165) is 47.0 Å². The van der Waals surface area contributed by atoms with Gasteiger partial charge < -0.3 is 14.5 Å². The zero-order valence-electron chi connectivity index (χ0n) is 20.1. The van der Waals surface area contributed by atoms with Gasteiger partial charge in [0.05, 0.1) is 18.4 Å². The van der Waals surface area contributed by atoms with Gasteiger partial charge in [-0.15, -0.1) is 21.5 Å². The number of thiophene rings is 1. The average molecular weight is 500 g/mol. The molecule has 1 unspecified atom stereocenters. The molecule has 1 atom stereocenters. The van der Waals surface area contributed by atoms with Crippen LogP contribution in [0, 0.1) is 5.92 Å². The zero-order chi connectivity index (χ0) is 24.5. The smallest absolute Gasteiger partial charge is 0.341 e. The monoisotopic (exact) mass is 499 g/mol. The molecule has 0 bridgehead atoms. The molecule has 0 fully saturated rings. The number of nitrogens with one attached hydrogen (secondary N) is 1. The molecular formula is C25H29N3O4S2. The lowest BCUT2D eigenvalue weighted by Crippen LogP contribution is -2.17. The number of esters is 1. The molecule has 0 radical (unpaired) electrons. The van der Waals surface area contributed by atoms with Crippen molar-refractivity contribution in [2.45, 2.75) is 57.6 Å². The summed E-state index contributed by atoms with van der Waals surface area (Å²) < 4.78 is 10.7. The number of amides is 1. The molecule has 0 saturated heterocycles. The van der Waals surface area contributed by atoms with Gasteiger partial charge in [0.1, 0.15) is 5.00 Å². The van der Waals surface area contributed by atoms with Crippen molar-refractivity contribution in [3.8, 4) is 11.5 Å². The minimum Gasteiger partial charge on any atom is -0.465 e. The molecule has 1 aliphatic rings. The van der Waals surface area contributed by atoms with E-state index in [2.05, 4.69) is 55.3 Å². The number of hydrogen-bond donors (Lipinski definition) is 1. The van der Waals surface area contributed by atoms with Crippen molar-refractivity contribution in [1.29, 1.82) is 0 Å². The van der Waals surface area contributed by atoms with Crippen molar-refractivity contribution >= 4 is 40.0 Å². The first-order chi connectivity index (χ1) is 16.2. The van der Waals surface area contributed by atoms with Gasteiger partial charge in [0.15, 0.2) is 0 Å². The van der Waals surface area contributed by atoms with Gasteiger partial charge in [-0.05, 0) is 53.9 Å². The third kappa shape index (κ3) is 5.36. The third-order valence-electron chi connectivity index (χ3n) is 5.89. The summed E-state index contributed by atoms with van der Waals surface area (Å²) in [7, 11) is 1.36. The van der Waals surface area contributed by atoms with Gasteiger partial charge in [0.25, 0.3) is 5.22 Å². The summed E-state index contributed by atoms with van der Waals surface area (Å²) in [6.45, 7) is 8.69. The first-order valence-electron chi connectivity index (χ1n) is 11.3.